The smallest absolute Gasteiger partial charge is 0.400 e. The van der Waals surface area contributed by atoms with Crippen LogP contribution in [0.1, 0.15) is 39.0 Å². The summed E-state index contributed by atoms with van der Waals surface area (Å²) in [5.41, 5.74) is 3.94. The minimum atomic E-state index is -4.54. The second-order valence-electron chi connectivity index (χ2n) is 6.45. The molecule has 8 heteroatoms. The van der Waals surface area contributed by atoms with E-state index < -0.39 is 30.2 Å². The Morgan fingerprint density at radius 3 is 2.30 bits per heavy atom. The molecule has 0 unspecified atom stereocenters. The van der Waals surface area contributed by atoms with Gasteiger partial charge in [-0.05, 0) is 39.2 Å². The summed E-state index contributed by atoms with van der Waals surface area (Å²) in [5.74, 6) is 0. The van der Waals surface area contributed by atoms with E-state index in [1.165, 1.54) is 18.2 Å². The Morgan fingerprint density at radius 1 is 1.26 bits per heavy atom. The predicted molar refractivity (Wildman–Crippen MR) is 82.4 cm³/mol. The highest BCUT2D eigenvalue weighted by molar-refractivity contribution is 6.55. The van der Waals surface area contributed by atoms with Gasteiger partial charge in [-0.25, -0.2) is 0 Å². The van der Waals surface area contributed by atoms with Gasteiger partial charge < -0.3 is 15.0 Å². The zero-order valence-corrected chi connectivity index (χ0v) is 13.6. The fourth-order valence-corrected chi connectivity index (χ4v) is 2.19. The Hall–Kier alpha value is -1.38. The summed E-state index contributed by atoms with van der Waals surface area (Å²) in [4.78, 5) is 3.43. The van der Waals surface area contributed by atoms with E-state index in [1.807, 2.05) is 27.7 Å². The Balaban J connectivity index is 2.39. The highest BCUT2D eigenvalue weighted by Crippen LogP contribution is 2.39. The molecule has 0 aliphatic carbocycles. The summed E-state index contributed by atoms with van der Waals surface area (Å²) in [6, 6.07) is 2.79. The molecule has 1 aromatic heterocycles. The molecule has 126 valence electrons. The zero-order chi connectivity index (χ0) is 17.5. The van der Waals surface area contributed by atoms with Crippen molar-refractivity contribution in [3.63, 3.8) is 0 Å². The van der Waals surface area contributed by atoms with Crippen LogP contribution in [0.4, 0.5) is 13.2 Å². The van der Waals surface area contributed by atoms with E-state index in [0.717, 1.165) is 6.20 Å². The molecule has 1 saturated heterocycles. The Kier molecular flexibility index (Phi) is 4.63. The number of pyridine rings is 1. The minimum Gasteiger partial charge on any atom is -0.400 e. The summed E-state index contributed by atoms with van der Waals surface area (Å²) in [5, 5.41) is 0. The van der Waals surface area contributed by atoms with Crippen molar-refractivity contribution in [2.45, 2.75) is 45.1 Å². The Morgan fingerprint density at radius 2 is 1.83 bits per heavy atom. The molecule has 0 radical (unpaired) electrons. The van der Waals surface area contributed by atoms with Crippen LogP contribution in [-0.2, 0) is 15.5 Å². The third kappa shape index (κ3) is 3.59. The largest absolute Gasteiger partial charge is 0.491 e. The van der Waals surface area contributed by atoms with Crippen molar-refractivity contribution in [2.24, 2.45) is 5.73 Å². The van der Waals surface area contributed by atoms with Gasteiger partial charge in [0, 0.05) is 18.3 Å². The third-order valence-corrected chi connectivity index (χ3v) is 4.24. The number of hydrogen-bond acceptors (Lipinski definition) is 4. The van der Waals surface area contributed by atoms with Crippen LogP contribution in [0.3, 0.4) is 0 Å². The quantitative estimate of drug-likeness (QED) is 0.867. The second kappa shape index (κ2) is 5.92. The van der Waals surface area contributed by atoms with Gasteiger partial charge in [0.25, 0.3) is 0 Å². The van der Waals surface area contributed by atoms with E-state index in [0.29, 0.717) is 5.47 Å². The van der Waals surface area contributed by atoms with E-state index in [-0.39, 0.29) is 12.1 Å². The van der Waals surface area contributed by atoms with Crippen molar-refractivity contribution in [3.8, 4) is 0 Å². The molecule has 1 aliphatic heterocycles. The summed E-state index contributed by atoms with van der Waals surface area (Å²) < 4.78 is 50.8. The van der Waals surface area contributed by atoms with Gasteiger partial charge in [-0.1, -0.05) is 12.1 Å². The normalized spacial score (nSPS) is 20.9. The number of nitrogens with two attached hydrogens (primary N) is 1. The molecule has 0 amide bonds. The first kappa shape index (κ1) is 18.0. The number of nitrogens with zero attached hydrogens (tertiary/aromatic N) is 1. The number of rotatable bonds is 3. The van der Waals surface area contributed by atoms with Crippen LogP contribution in [0, 0.1) is 0 Å². The highest BCUT2D eigenvalue weighted by Gasteiger charge is 2.52. The maximum atomic E-state index is 13.0. The van der Waals surface area contributed by atoms with Crippen molar-refractivity contribution in [2.75, 3.05) is 6.54 Å². The van der Waals surface area contributed by atoms with E-state index in [1.54, 1.807) is 0 Å². The molecule has 0 saturated carbocycles. The lowest BCUT2D eigenvalue weighted by Crippen LogP contribution is -2.41. The molecule has 0 aromatic carbocycles. The van der Waals surface area contributed by atoms with E-state index in [4.69, 9.17) is 15.0 Å². The van der Waals surface area contributed by atoms with Gasteiger partial charge >= 0.3 is 13.3 Å². The molecule has 0 bridgehead atoms. The molecule has 2 heterocycles. The summed E-state index contributed by atoms with van der Waals surface area (Å²) in [7, 11) is -0.786. The molecular weight excluding hydrogens is 308 g/mol. The number of alkyl halides is 3. The van der Waals surface area contributed by atoms with Crippen molar-refractivity contribution in [1.29, 1.82) is 0 Å². The first-order valence-corrected chi connectivity index (χ1v) is 7.26. The van der Waals surface area contributed by atoms with E-state index in [9.17, 15) is 13.2 Å². The molecule has 2 rings (SSSR count). The lowest BCUT2D eigenvalue weighted by molar-refractivity contribution is -0.141. The molecule has 0 atom stereocenters. The van der Waals surface area contributed by atoms with E-state index >= 15 is 0 Å². The topological polar surface area (TPSA) is 57.4 Å². The van der Waals surface area contributed by atoms with E-state index in [2.05, 4.69) is 4.98 Å². The van der Waals surface area contributed by atoms with Crippen LogP contribution in [0.2, 0.25) is 0 Å². The van der Waals surface area contributed by atoms with Gasteiger partial charge in [-0.3, -0.25) is 4.98 Å². The molecule has 0 spiro atoms. The summed E-state index contributed by atoms with van der Waals surface area (Å²) in [6.45, 7) is 7.49. The summed E-state index contributed by atoms with van der Waals surface area (Å²) in [6.07, 6.45) is -2.09. The van der Waals surface area contributed by atoms with Crippen molar-refractivity contribution in [1.82, 2.24) is 4.98 Å². The lowest BCUT2D eigenvalue weighted by Gasteiger charge is -2.32. The number of hydrogen-bond donors (Lipinski definition) is 1. The fraction of sp³-hybridized carbons (Fsp3) is 0.533. The average molecular weight is 328 g/mol. The van der Waals surface area contributed by atoms with Crippen LogP contribution in [0.5, 0.6) is 0 Å². The van der Waals surface area contributed by atoms with Gasteiger partial charge in [-0.15, -0.1) is 0 Å². The van der Waals surface area contributed by atoms with Crippen molar-refractivity contribution in [3.05, 3.63) is 35.1 Å². The van der Waals surface area contributed by atoms with Gasteiger partial charge in [0.15, 0.2) is 5.69 Å². The molecule has 4 nitrogen and oxygen atoms in total. The van der Waals surface area contributed by atoms with Gasteiger partial charge in [0.1, 0.15) is 0 Å². The Bertz CT molecular complexity index is 599. The maximum Gasteiger partial charge on any atom is 0.491 e. The molecule has 2 N–H and O–H groups in total. The van der Waals surface area contributed by atoms with Gasteiger partial charge in [-0.2, -0.15) is 13.2 Å². The minimum absolute atomic E-state index is 0.0169. The molecule has 1 fully saturated rings. The van der Waals surface area contributed by atoms with Gasteiger partial charge in [0.05, 0.1) is 11.2 Å². The van der Waals surface area contributed by atoms with Crippen LogP contribution in [0.15, 0.2) is 23.8 Å². The fourth-order valence-electron chi connectivity index (χ4n) is 2.19. The Labute approximate surface area is 134 Å². The first-order valence-electron chi connectivity index (χ1n) is 7.26. The maximum absolute atomic E-state index is 13.0. The molecular formula is C15H20BF3N2O2. The second-order valence-corrected chi connectivity index (χ2v) is 6.45. The van der Waals surface area contributed by atoms with Crippen LogP contribution in [0.25, 0.3) is 6.08 Å². The molecule has 23 heavy (non-hydrogen) atoms. The van der Waals surface area contributed by atoms with Crippen LogP contribution < -0.4 is 5.73 Å². The molecule has 1 aliphatic rings. The average Bonchev–Trinajstić information content (AvgIpc) is 2.64. The van der Waals surface area contributed by atoms with Crippen molar-refractivity contribution < 1.29 is 22.5 Å². The first-order chi connectivity index (χ1) is 10.5. The summed E-state index contributed by atoms with van der Waals surface area (Å²) >= 11 is 0. The highest BCUT2D eigenvalue weighted by atomic mass is 19.4. The standard InChI is InChI=1S/C15H20BF3N2O2/c1-13(2)14(3,4)23-16(22-13)11(9-20)8-10-6-5-7-21-12(10)15(17,18)19/h5-8H,9,20H2,1-4H3. The third-order valence-electron chi connectivity index (χ3n) is 4.24. The lowest BCUT2D eigenvalue weighted by atomic mass is 9.77. The predicted octanol–water partition coefficient (Wildman–Crippen LogP) is 3.07. The van der Waals surface area contributed by atoms with Crippen LogP contribution in [-0.4, -0.2) is 29.8 Å². The SMILES string of the molecule is CC1(C)OB(C(=Cc2cccnc2C(F)(F)F)CN)OC1(C)C. The zero-order valence-electron chi connectivity index (χ0n) is 13.6. The van der Waals surface area contributed by atoms with Crippen molar-refractivity contribution >= 4 is 13.2 Å². The van der Waals surface area contributed by atoms with Crippen LogP contribution >= 0.6 is 0 Å². The van der Waals surface area contributed by atoms with Gasteiger partial charge in [0.2, 0.25) is 0 Å². The number of aromatic nitrogens is 1. The monoisotopic (exact) mass is 328 g/mol. The number of halogens is 3. The molecule has 1 aromatic rings.